The van der Waals surface area contributed by atoms with Crippen molar-refractivity contribution in [3.05, 3.63) is 12.2 Å². The third-order valence-electron chi connectivity index (χ3n) is 29.6. The Morgan fingerprint density at radius 3 is 0.904 bits per heavy atom. The van der Waals surface area contributed by atoms with Gasteiger partial charge in [0.05, 0.1) is 40.7 Å². The highest BCUT2D eigenvalue weighted by molar-refractivity contribution is 5.02. The van der Waals surface area contributed by atoms with E-state index in [0.717, 1.165) is 111 Å². The molecule has 4 nitrogen and oxygen atoms in total. The highest BCUT2D eigenvalue weighted by atomic mass is 16.6. The van der Waals surface area contributed by atoms with Crippen LogP contribution in [0.5, 0.6) is 0 Å². The predicted molar refractivity (Wildman–Crippen MR) is 511 cm³/mol. The standard InChI is InChI=1S/C110H216O4/c1-22-23-24-25-26-27-28-29-30-31-32-33-34-35-36-37-38-39-40-41-42-43-44-45-46-47-48-49-82-103-83-84-106(113-108(103,19)88-59-79-100(15)75-55-71-96(11)67-51-63-92(4)5)110(21,90-61-81-102(17)77-57-73-98(13)69-53-65-94(8)9)114-109(20,89-60-80-101(16)76-56-72-97(12)68-52-64-93(6)7)105-86-85-104(112-105)107(18,111)87-58-78-99(14)74-54-70-95(10)66-50-62-91(2)3/h29-30,91-106,111H,22-28,31-90H2,1-21H3/b30-29-/t95?,96?,97?,98?,99?,100?,101?,102?,103-,104-,105-,106+,107?,108+,109?,110-/m1/s1. The molecule has 0 aromatic rings. The molecule has 0 spiro atoms. The molecule has 0 aromatic carbocycles. The van der Waals surface area contributed by atoms with E-state index < -0.39 is 16.8 Å². The van der Waals surface area contributed by atoms with Crippen LogP contribution in [0, 0.1) is 76.9 Å². The van der Waals surface area contributed by atoms with Crippen molar-refractivity contribution in [2.75, 3.05) is 0 Å². The molecule has 0 bridgehead atoms. The average Bonchev–Trinajstić information content (AvgIpc) is 1.02. The Balaban J connectivity index is 2.33. The fourth-order valence-electron chi connectivity index (χ4n) is 21.0. The summed E-state index contributed by atoms with van der Waals surface area (Å²) >= 11 is 0. The third kappa shape index (κ3) is 57.1. The molecule has 1 N–H and O–H groups in total. The van der Waals surface area contributed by atoms with Crippen molar-refractivity contribution in [3.8, 4) is 0 Å². The molecule has 0 amide bonds. The summed E-state index contributed by atoms with van der Waals surface area (Å²) in [6.07, 6.45) is 93.4. The molecule has 114 heavy (non-hydrogen) atoms. The van der Waals surface area contributed by atoms with Gasteiger partial charge in [-0.25, -0.2) is 0 Å². The van der Waals surface area contributed by atoms with E-state index in [9.17, 15) is 5.11 Å². The summed E-state index contributed by atoms with van der Waals surface area (Å²) in [6.45, 7) is 51.3. The van der Waals surface area contributed by atoms with Gasteiger partial charge < -0.3 is 19.3 Å². The molecular formula is C110H216O4. The minimum absolute atomic E-state index is 0.0357. The topological polar surface area (TPSA) is 47.9 Å². The molecule has 0 radical (unpaired) electrons. The van der Waals surface area contributed by atoms with E-state index in [1.807, 2.05) is 0 Å². The van der Waals surface area contributed by atoms with E-state index in [2.05, 4.69) is 158 Å². The Morgan fingerprint density at radius 1 is 0.307 bits per heavy atom. The van der Waals surface area contributed by atoms with Gasteiger partial charge in [-0.05, 0) is 188 Å². The Hall–Kier alpha value is -0.420. The van der Waals surface area contributed by atoms with Crippen LogP contribution in [-0.4, -0.2) is 45.8 Å². The van der Waals surface area contributed by atoms with Crippen molar-refractivity contribution in [3.63, 3.8) is 0 Å². The number of hydrogen-bond acceptors (Lipinski definition) is 4. The number of hydrogen-bond donors (Lipinski definition) is 1. The molecule has 0 aromatic heterocycles. The van der Waals surface area contributed by atoms with E-state index in [-0.39, 0.29) is 23.9 Å². The van der Waals surface area contributed by atoms with Crippen LogP contribution in [0.25, 0.3) is 0 Å². The summed E-state index contributed by atoms with van der Waals surface area (Å²) in [4.78, 5) is 0. The van der Waals surface area contributed by atoms with Crippen molar-refractivity contribution in [1.29, 1.82) is 0 Å². The van der Waals surface area contributed by atoms with Gasteiger partial charge in [-0.15, -0.1) is 0 Å². The highest BCUT2D eigenvalue weighted by Gasteiger charge is 2.53. The van der Waals surface area contributed by atoms with Gasteiger partial charge in [0.25, 0.3) is 0 Å². The molecule has 0 aliphatic carbocycles. The van der Waals surface area contributed by atoms with Crippen LogP contribution in [0.15, 0.2) is 12.2 Å². The lowest BCUT2D eigenvalue weighted by molar-refractivity contribution is -0.278. The van der Waals surface area contributed by atoms with Crippen molar-refractivity contribution < 1.29 is 19.3 Å². The molecule has 2 aliphatic heterocycles. The first-order valence-corrected chi connectivity index (χ1v) is 52.9. The van der Waals surface area contributed by atoms with E-state index in [1.165, 1.54) is 372 Å². The van der Waals surface area contributed by atoms with Crippen LogP contribution >= 0.6 is 0 Å². The van der Waals surface area contributed by atoms with E-state index in [1.54, 1.807) is 0 Å². The van der Waals surface area contributed by atoms with Crippen LogP contribution in [0.1, 0.15) is 576 Å². The van der Waals surface area contributed by atoms with E-state index >= 15 is 0 Å². The summed E-state index contributed by atoms with van der Waals surface area (Å²) < 4.78 is 24.0. The van der Waals surface area contributed by atoms with Gasteiger partial charge in [0.2, 0.25) is 0 Å². The lowest BCUT2D eigenvalue weighted by Gasteiger charge is -2.53. The zero-order valence-electron chi connectivity index (χ0n) is 82.4. The van der Waals surface area contributed by atoms with Crippen LogP contribution in [-0.2, 0) is 14.2 Å². The van der Waals surface area contributed by atoms with E-state index in [0.29, 0.717) is 23.7 Å². The minimum Gasteiger partial charge on any atom is -0.387 e. The summed E-state index contributed by atoms with van der Waals surface area (Å²) in [5.74, 6) is 10.0. The molecule has 2 saturated heterocycles. The maximum Gasteiger partial charge on any atom is 0.0923 e. The second kappa shape index (κ2) is 68.0. The molecule has 2 heterocycles. The number of allylic oxidation sites excluding steroid dienone is 2. The minimum atomic E-state index is -0.859. The molecular weight excluding hydrogens is 1390 g/mol. The lowest BCUT2D eigenvalue weighted by atomic mass is 9.72. The average molecular weight is 1600 g/mol. The number of unbranched alkanes of at least 4 members (excludes halogenated alkanes) is 24. The number of rotatable bonds is 81. The molecule has 4 heteroatoms. The summed E-state index contributed by atoms with van der Waals surface area (Å²) in [7, 11) is 0. The monoisotopic (exact) mass is 1600 g/mol. The lowest BCUT2D eigenvalue weighted by Crippen LogP contribution is -2.58. The zero-order valence-corrected chi connectivity index (χ0v) is 82.4. The summed E-state index contributed by atoms with van der Waals surface area (Å²) in [5, 5.41) is 12.6. The SMILES string of the molecule is CCCCCCCC/C=C\CCCCCCCCCCCCCCCCCCCC[C@@H]1CC[C@@H]([C@@](C)(CCCC(C)CCCC(C)CCCC(C)C)OC(C)(CCCC(C)CCCC(C)CCCC(C)C)[C@H]2CC[C@H](C(C)(O)CCCC(C)CCCC(C)CCCC(C)C)O2)O[C@@]1(C)CCCC(C)CCCC(C)CCCC(C)C. The first-order valence-electron chi connectivity index (χ1n) is 52.9. The molecule has 2 aliphatic rings. The summed E-state index contributed by atoms with van der Waals surface area (Å²) in [6, 6.07) is 0. The van der Waals surface area contributed by atoms with Gasteiger partial charge >= 0.3 is 0 Å². The molecule has 0 saturated carbocycles. The van der Waals surface area contributed by atoms with Crippen LogP contribution in [0.3, 0.4) is 0 Å². The van der Waals surface area contributed by atoms with Crippen molar-refractivity contribution in [2.24, 2.45) is 76.9 Å². The largest absolute Gasteiger partial charge is 0.387 e. The summed E-state index contributed by atoms with van der Waals surface area (Å²) in [5.41, 5.74) is -1.99. The van der Waals surface area contributed by atoms with Gasteiger partial charge in [0.15, 0.2) is 0 Å². The third-order valence-corrected chi connectivity index (χ3v) is 29.6. The van der Waals surface area contributed by atoms with Gasteiger partial charge in [0, 0.05) is 0 Å². The van der Waals surface area contributed by atoms with Gasteiger partial charge in [-0.1, -0.05) is 477 Å². The maximum atomic E-state index is 12.6. The normalized spacial score (nSPS) is 21.6. The number of aliphatic hydroxyl groups is 1. The molecule has 2 rings (SSSR count). The second-order valence-electron chi connectivity index (χ2n) is 44.4. The second-order valence-corrected chi connectivity index (χ2v) is 44.4. The first-order chi connectivity index (χ1) is 54.5. The molecule has 16 atom stereocenters. The van der Waals surface area contributed by atoms with Crippen molar-refractivity contribution in [1.82, 2.24) is 0 Å². The molecule has 2 fully saturated rings. The number of ether oxygens (including phenoxy) is 3. The van der Waals surface area contributed by atoms with Gasteiger partial charge in [-0.3, -0.25) is 0 Å². The fourth-order valence-corrected chi connectivity index (χ4v) is 21.0. The Labute approximate surface area is 720 Å². The van der Waals surface area contributed by atoms with Crippen molar-refractivity contribution >= 4 is 0 Å². The van der Waals surface area contributed by atoms with E-state index in [4.69, 9.17) is 14.2 Å². The molecule has 680 valence electrons. The Morgan fingerprint density at radius 2 is 0.570 bits per heavy atom. The quantitative estimate of drug-likeness (QED) is 0.0487. The predicted octanol–water partition coefficient (Wildman–Crippen LogP) is 37.2. The smallest absolute Gasteiger partial charge is 0.0923 e. The fraction of sp³-hybridized carbons (Fsp3) is 0.982. The van der Waals surface area contributed by atoms with Crippen molar-refractivity contribution in [2.45, 2.75) is 616 Å². The zero-order chi connectivity index (χ0) is 84.1. The first kappa shape index (κ1) is 110. The van der Waals surface area contributed by atoms with Crippen LogP contribution in [0.4, 0.5) is 0 Å². The highest BCUT2D eigenvalue weighted by Crippen LogP contribution is 2.49. The van der Waals surface area contributed by atoms with Crippen LogP contribution < -0.4 is 0 Å². The Kier molecular flexibility index (Phi) is 65.4. The maximum absolute atomic E-state index is 12.6. The van der Waals surface area contributed by atoms with Crippen LogP contribution in [0.2, 0.25) is 0 Å². The van der Waals surface area contributed by atoms with Gasteiger partial charge in [-0.2, -0.15) is 0 Å². The Bertz CT molecular complexity index is 2130. The van der Waals surface area contributed by atoms with Gasteiger partial charge in [0.1, 0.15) is 0 Å². The molecule has 10 unspecified atom stereocenters.